The van der Waals surface area contributed by atoms with Gasteiger partial charge < -0.3 is 9.64 Å². The van der Waals surface area contributed by atoms with E-state index in [0.29, 0.717) is 6.61 Å². The highest BCUT2D eigenvalue weighted by Gasteiger charge is 2.26. The third-order valence-corrected chi connectivity index (χ3v) is 5.00. The molecule has 1 aromatic carbocycles. The molecule has 0 aliphatic carbocycles. The molecule has 0 spiro atoms. The largest absolute Gasteiger partial charge is 0.466 e. The van der Waals surface area contributed by atoms with Crippen molar-refractivity contribution in [3.05, 3.63) is 72.1 Å². The maximum Gasteiger partial charge on any atom is 0.310 e. The average Bonchev–Trinajstić information content (AvgIpc) is 2.73. The van der Waals surface area contributed by atoms with Gasteiger partial charge in [0.15, 0.2) is 0 Å². The standard InChI is InChI=1S/C23H28N2O2/c1-2-27-23(26)21-10-6-16-25(18-21)17-7-11-22(19-8-4-3-5-9-19)20-12-14-24-15-13-20/h3-5,8-9,11-15,21H,2,6-7,10,16-18H2,1H3/b22-11-. The number of hydrogen-bond acceptors (Lipinski definition) is 4. The van der Waals surface area contributed by atoms with E-state index in [1.165, 1.54) is 16.7 Å². The lowest BCUT2D eigenvalue weighted by Crippen LogP contribution is -2.39. The first-order valence-electron chi connectivity index (χ1n) is 9.83. The summed E-state index contributed by atoms with van der Waals surface area (Å²) >= 11 is 0. The first-order valence-corrected chi connectivity index (χ1v) is 9.83. The van der Waals surface area contributed by atoms with Gasteiger partial charge in [-0.1, -0.05) is 36.4 Å². The summed E-state index contributed by atoms with van der Waals surface area (Å²) in [4.78, 5) is 18.6. The van der Waals surface area contributed by atoms with E-state index in [-0.39, 0.29) is 11.9 Å². The minimum atomic E-state index is -0.0421. The van der Waals surface area contributed by atoms with Crippen LogP contribution >= 0.6 is 0 Å². The van der Waals surface area contributed by atoms with Gasteiger partial charge >= 0.3 is 5.97 Å². The fraction of sp³-hybridized carbons (Fsp3) is 0.391. The molecule has 1 aliphatic rings. The monoisotopic (exact) mass is 364 g/mol. The van der Waals surface area contributed by atoms with Gasteiger partial charge in [0.2, 0.25) is 0 Å². The van der Waals surface area contributed by atoms with E-state index in [1.54, 1.807) is 0 Å². The molecule has 4 heteroatoms. The highest BCUT2D eigenvalue weighted by Crippen LogP contribution is 2.24. The van der Waals surface area contributed by atoms with Crippen molar-refractivity contribution < 1.29 is 9.53 Å². The Morgan fingerprint density at radius 2 is 1.93 bits per heavy atom. The van der Waals surface area contributed by atoms with Gasteiger partial charge in [0, 0.05) is 25.5 Å². The lowest BCUT2D eigenvalue weighted by atomic mass is 9.96. The van der Waals surface area contributed by atoms with Crippen LogP contribution in [0.15, 0.2) is 60.9 Å². The molecular weight excluding hydrogens is 336 g/mol. The minimum absolute atomic E-state index is 0.0245. The summed E-state index contributed by atoms with van der Waals surface area (Å²) in [6.07, 6.45) is 8.92. The fourth-order valence-electron chi connectivity index (χ4n) is 3.65. The van der Waals surface area contributed by atoms with Crippen molar-refractivity contribution in [3.63, 3.8) is 0 Å². The molecular formula is C23H28N2O2. The zero-order valence-corrected chi connectivity index (χ0v) is 16.0. The summed E-state index contributed by atoms with van der Waals surface area (Å²) in [5.41, 5.74) is 3.63. The molecule has 1 aliphatic heterocycles. The van der Waals surface area contributed by atoms with E-state index in [0.717, 1.165) is 38.9 Å². The maximum atomic E-state index is 12.0. The number of esters is 1. The summed E-state index contributed by atoms with van der Waals surface area (Å²) in [7, 11) is 0. The third-order valence-electron chi connectivity index (χ3n) is 5.00. The summed E-state index contributed by atoms with van der Waals surface area (Å²) in [6.45, 7) is 5.15. The number of carbonyl (C=O) groups is 1. The van der Waals surface area contributed by atoms with Crippen LogP contribution in [0.25, 0.3) is 5.57 Å². The van der Waals surface area contributed by atoms with Crippen LogP contribution in [0.2, 0.25) is 0 Å². The summed E-state index contributed by atoms with van der Waals surface area (Å²) in [5, 5.41) is 0. The number of rotatable bonds is 7. The smallest absolute Gasteiger partial charge is 0.310 e. The maximum absolute atomic E-state index is 12.0. The van der Waals surface area contributed by atoms with Crippen LogP contribution in [0, 0.1) is 5.92 Å². The van der Waals surface area contributed by atoms with Crippen LogP contribution in [-0.4, -0.2) is 42.1 Å². The van der Waals surface area contributed by atoms with E-state index < -0.39 is 0 Å². The average molecular weight is 364 g/mol. The number of carbonyl (C=O) groups excluding carboxylic acids is 1. The number of hydrogen-bond donors (Lipinski definition) is 0. The third kappa shape index (κ3) is 5.51. The van der Waals surface area contributed by atoms with Crippen molar-refractivity contribution >= 4 is 11.5 Å². The molecule has 2 aromatic rings. The molecule has 2 heterocycles. The molecule has 142 valence electrons. The number of nitrogens with zero attached hydrogens (tertiary/aromatic N) is 2. The second-order valence-corrected chi connectivity index (χ2v) is 6.90. The van der Waals surface area contributed by atoms with Gasteiger partial charge in [-0.2, -0.15) is 0 Å². The molecule has 1 saturated heterocycles. The Kier molecular flexibility index (Phi) is 7.17. The Morgan fingerprint density at radius 3 is 2.67 bits per heavy atom. The normalized spacial score (nSPS) is 18.3. The highest BCUT2D eigenvalue weighted by atomic mass is 16.5. The summed E-state index contributed by atoms with van der Waals surface area (Å²) in [6, 6.07) is 14.6. The molecule has 1 fully saturated rings. The predicted octanol–water partition coefficient (Wildman–Crippen LogP) is 4.18. The number of likely N-dealkylation sites (tertiary alicyclic amines) is 1. The number of benzene rings is 1. The summed E-state index contributed by atoms with van der Waals surface area (Å²) < 4.78 is 5.20. The first kappa shape index (κ1) is 19.3. The van der Waals surface area contributed by atoms with Crippen LogP contribution in [0.1, 0.15) is 37.3 Å². The zero-order chi connectivity index (χ0) is 18.9. The van der Waals surface area contributed by atoms with Gasteiger partial charge in [-0.05, 0) is 61.6 Å². The van der Waals surface area contributed by atoms with Crippen LogP contribution in [0.5, 0.6) is 0 Å². The minimum Gasteiger partial charge on any atom is -0.466 e. The van der Waals surface area contributed by atoms with Gasteiger partial charge in [0.05, 0.1) is 12.5 Å². The van der Waals surface area contributed by atoms with Crippen LogP contribution in [0.4, 0.5) is 0 Å². The van der Waals surface area contributed by atoms with Gasteiger partial charge in [-0.25, -0.2) is 0 Å². The molecule has 4 nitrogen and oxygen atoms in total. The second-order valence-electron chi connectivity index (χ2n) is 6.90. The second kappa shape index (κ2) is 10.0. The van der Waals surface area contributed by atoms with Gasteiger partial charge in [0.25, 0.3) is 0 Å². The number of pyridine rings is 1. The lowest BCUT2D eigenvalue weighted by Gasteiger charge is -2.31. The molecule has 27 heavy (non-hydrogen) atoms. The SMILES string of the molecule is CCOC(=O)C1CCCN(CC/C=C(/c2ccccc2)c2ccncc2)C1. The quantitative estimate of drug-likeness (QED) is 0.691. The Hall–Kier alpha value is -2.46. The van der Waals surface area contributed by atoms with Gasteiger partial charge in [-0.15, -0.1) is 0 Å². The van der Waals surface area contributed by atoms with E-state index in [4.69, 9.17) is 4.74 Å². The molecule has 0 bridgehead atoms. The zero-order valence-electron chi connectivity index (χ0n) is 16.0. The number of ether oxygens (including phenoxy) is 1. The van der Waals surface area contributed by atoms with Crippen LogP contribution < -0.4 is 0 Å². The first-order chi connectivity index (χ1) is 13.3. The Morgan fingerprint density at radius 1 is 1.19 bits per heavy atom. The molecule has 1 aromatic heterocycles. The van der Waals surface area contributed by atoms with Crippen molar-refractivity contribution in [1.29, 1.82) is 0 Å². The molecule has 0 saturated carbocycles. The van der Waals surface area contributed by atoms with E-state index in [1.807, 2.05) is 25.4 Å². The van der Waals surface area contributed by atoms with Crippen molar-refractivity contribution in [2.45, 2.75) is 26.2 Å². The topological polar surface area (TPSA) is 42.4 Å². The Labute approximate surface area is 161 Å². The Bertz CT molecular complexity index is 702. The molecule has 0 amide bonds. The van der Waals surface area contributed by atoms with Crippen molar-refractivity contribution in [2.75, 3.05) is 26.2 Å². The number of piperidine rings is 1. The van der Waals surface area contributed by atoms with E-state index >= 15 is 0 Å². The lowest BCUT2D eigenvalue weighted by molar-refractivity contribution is -0.149. The van der Waals surface area contributed by atoms with Crippen molar-refractivity contribution in [1.82, 2.24) is 9.88 Å². The predicted molar refractivity (Wildman–Crippen MR) is 108 cm³/mol. The molecule has 1 unspecified atom stereocenters. The van der Waals surface area contributed by atoms with E-state index in [9.17, 15) is 4.79 Å². The summed E-state index contributed by atoms with van der Waals surface area (Å²) in [5.74, 6) is -0.0176. The molecule has 1 atom stereocenters. The van der Waals surface area contributed by atoms with Crippen LogP contribution in [0.3, 0.4) is 0 Å². The molecule has 0 N–H and O–H groups in total. The van der Waals surface area contributed by atoms with Gasteiger partial charge in [0.1, 0.15) is 0 Å². The van der Waals surface area contributed by atoms with E-state index in [2.05, 4.69) is 52.4 Å². The molecule has 0 radical (unpaired) electrons. The van der Waals surface area contributed by atoms with Crippen molar-refractivity contribution in [3.8, 4) is 0 Å². The highest BCUT2D eigenvalue weighted by molar-refractivity contribution is 5.79. The Balaban J connectivity index is 1.66. The number of aromatic nitrogens is 1. The van der Waals surface area contributed by atoms with Gasteiger partial charge in [-0.3, -0.25) is 9.78 Å². The van der Waals surface area contributed by atoms with Crippen molar-refractivity contribution in [2.24, 2.45) is 5.92 Å². The molecule has 3 rings (SSSR count). The fourth-order valence-corrected chi connectivity index (χ4v) is 3.65. The van der Waals surface area contributed by atoms with Crippen LogP contribution in [-0.2, 0) is 9.53 Å².